The van der Waals surface area contributed by atoms with Crippen molar-refractivity contribution >= 4 is 11.3 Å². The second kappa shape index (κ2) is 6.08. The lowest BCUT2D eigenvalue weighted by Gasteiger charge is -2.15. The van der Waals surface area contributed by atoms with Gasteiger partial charge in [-0.05, 0) is 30.4 Å². The van der Waals surface area contributed by atoms with Crippen molar-refractivity contribution in [2.45, 2.75) is 39.3 Å². The van der Waals surface area contributed by atoms with Crippen LogP contribution in [0.15, 0.2) is 17.8 Å². The lowest BCUT2D eigenvalue weighted by atomic mass is 10.1. The molecule has 0 fully saturated rings. The number of nitrogens with zero attached hydrogens (tertiary/aromatic N) is 3. The van der Waals surface area contributed by atoms with Crippen molar-refractivity contribution in [2.75, 3.05) is 0 Å². The highest BCUT2D eigenvalue weighted by Gasteiger charge is 2.17. The van der Waals surface area contributed by atoms with Crippen LogP contribution in [0.5, 0.6) is 0 Å². The van der Waals surface area contributed by atoms with Crippen molar-refractivity contribution in [3.8, 4) is 0 Å². The van der Waals surface area contributed by atoms with Gasteiger partial charge < -0.3 is 0 Å². The highest BCUT2D eigenvalue weighted by molar-refractivity contribution is 7.10. The number of hydrogen-bond acceptors (Lipinski definition) is 5. The van der Waals surface area contributed by atoms with Crippen molar-refractivity contribution < 1.29 is 0 Å². The number of nitrogens with one attached hydrogen (secondary N) is 1. The van der Waals surface area contributed by atoms with Crippen molar-refractivity contribution in [1.82, 2.24) is 20.2 Å². The number of thiophene rings is 1. The number of hydrazine groups is 1. The molecule has 0 aliphatic rings. The van der Waals surface area contributed by atoms with E-state index in [1.807, 2.05) is 4.68 Å². The second-order valence-electron chi connectivity index (χ2n) is 4.29. The summed E-state index contributed by atoms with van der Waals surface area (Å²) in [6, 6.07) is 2.21. The molecule has 1 atom stereocenters. The van der Waals surface area contributed by atoms with Gasteiger partial charge in [0.1, 0.15) is 12.2 Å². The summed E-state index contributed by atoms with van der Waals surface area (Å²) < 4.78 is 1.95. The number of hydrogen-bond donors (Lipinski definition) is 2. The number of aromatic nitrogens is 3. The molecular formula is C12H19N5S. The van der Waals surface area contributed by atoms with Gasteiger partial charge in [-0.2, -0.15) is 5.10 Å². The van der Waals surface area contributed by atoms with Crippen LogP contribution < -0.4 is 11.3 Å². The van der Waals surface area contributed by atoms with E-state index in [1.54, 1.807) is 17.7 Å². The third-order valence-corrected chi connectivity index (χ3v) is 4.07. The molecule has 0 saturated heterocycles. The Balaban J connectivity index is 2.15. The Kier molecular flexibility index (Phi) is 4.46. The second-order valence-corrected chi connectivity index (χ2v) is 5.24. The van der Waals surface area contributed by atoms with Gasteiger partial charge in [-0.25, -0.2) is 4.98 Å². The van der Waals surface area contributed by atoms with Crippen LogP contribution in [-0.2, 0) is 13.0 Å². The molecule has 0 bridgehead atoms. The Morgan fingerprint density at radius 3 is 3.00 bits per heavy atom. The summed E-state index contributed by atoms with van der Waals surface area (Å²) in [6.45, 7) is 5.14. The maximum Gasteiger partial charge on any atom is 0.138 e. The van der Waals surface area contributed by atoms with Crippen molar-refractivity contribution in [1.29, 1.82) is 0 Å². The molecule has 1 unspecified atom stereocenters. The zero-order valence-electron chi connectivity index (χ0n) is 10.8. The van der Waals surface area contributed by atoms with Crippen LogP contribution in [0.25, 0.3) is 0 Å². The van der Waals surface area contributed by atoms with E-state index in [1.165, 1.54) is 10.4 Å². The molecule has 2 heterocycles. The van der Waals surface area contributed by atoms with Crippen molar-refractivity contribution in [3.05, 3.63) is 34.0 Å². The summed E-state index contributed by atoms with van der Waals surface area (Å²) in [5.74, 6) is 6.65. The lowest BCUT2D eigenvalue weighted by Crippen LogP contribution is -2.30. The molecule has 0 radical (unpaired) electrons. The van der Waals surface area contributed by atoms with Crippen molar-refractivity contribution in [3.63, 3.8) is 0 Å². The fourth-order valence-electron chi connectivity index (χ4n) is 2.00. The maximum atomic E-state index is 5.67. The van der Waals surface area contributed by atoms with Gasteiger partial charge in [-0.3, -0.25) is 16.0 Å². The molecule has 98 valence electrons. The molecule has 6 heteroatoms. The zero-order valence-corrected chi connectivity index (χ0v) is 11.6. The molecule has 0 aliphatic heterocycles. The third kappa shape index (κ3) is 2.77. The van der Waals surface area contributed by atoms with E-state index in [9.17, 15) is 0 Å². The highest BCUT2D eigenvalue weighted by atomic mass is 32.1. The van der Waals surface area contributed by atoms with Crippen LogP contribution in [0.4, 0.5) is 0 Å². The molecular weight excluding hydrogens is 246 g/mol. The molecule has 18 heavy (non-hydrogen) atoms. The van der Waals surface area contributed by atoms with Gasteiger partial charge >= 0.3 is 0 Å². The fourth-order valence-corrected chi connectivity index (χ4v) is 2.98. The largest absolute Gasteiger partial charge is 0.271 e. The average Bonchev–Trinajstić information content (AvgIpc) is 2.96. The first-order valence-electron chi connectivity index (χ1n) is 6.13. The maximum absolute atomic E-state index is 5.67. The summed E-state index contributed by atoms with van der Waals surface area (Å²) in [6.07, 6.45) is 3.42. The molecule has 0 saturated carbocycles. The molecule has 2 aromatic heterocycles. The van der Waals surface area contributed by atoms with Gasteiger partial charge in [0.15, 0.2) is 0 Å². The summed E-state index contributed by atoms with van der Waals surface area (Å²) >= 11 is 1.72. The molecule has 0 amide bonds. The van der Waals surface area contributed by atoms with Gasteiger partial charge in [0.25, 0.3) is 0 Å². The van der Waals surface area contributed by atoms with E-state index in [-0.39, 0.29) is 6.04 Å². The third-order valence-electron chi connectivity index (χ3n) is 2.94. The molecule has 3 N–H and O–H groups in total. The summed E-state index contributed by atoms with van der Waals surface area (Å²) in [5.41, 5.74) is 4.15. The van der Waals surface area contributed by atoms with E-state index >= 15 is 0 Å². The number of rotatable bonds is 6. The Labute approximate surface area is 111 Å². The van der Waals surface area contributed by atoms with E-state index < -0.39 is 0 Å². The molecule has 2 aromatic rings. The molecule has 0 spiro atoms. The van der Waals surface area contributed by atoms with E-state index in [2.05, 4.69) is 40.8 Å². The van der Waals surface area contributed by atoms with Gasteiger partial charge in [0.05, 0.1) is 6.04 Å². The first kappa shape index (κ1) is 13.2. The zero-order chi connectivity index (χ0) is 13.0. The fraction of sp³-hybridized carbons (Fsp3) is 0.500. The van der Waals surface area contributed by atoms with Gasteiger partial charge in [0.2, 0.25) is 0 Å². The lowest BCUT2D eigenvalue weighted by molar-refractivity contribution is 0.503. The van der Waals surface area contributed by atoms with Crippen LogP contribution in [0.1, 0.15) is 35.7 Å². The topological polar surface area (TPSA) is 68.8 Å². The minimum absolute atomic E-state index is 0.102. The Bertz CT molecular complexity index is 490. The molecule has 0 aliphatic carbocycles. The van der Waals surface area contributed by atoms with Crippen LogP contribution >= 0.6 is 11.3 Å². The normalized spacial score (nSPS) is 12.8. The number of aryl methyl sites for hydroxylation is 2. The Morgan fingerprint density at radius 2 is 2.39 bits per heavy atom. The van der Waals surface area contributed by atoms with E-state index in [4.69, 9.17) is 5.84 Å². The average molecular weight is 265 g/mol. The Morgan fingerprint density at radius 1 is 1.56 bits per heavy atom. The molecule has 0 aromatic carbocycles. The first-order valence-corrected chi connectivity index (χ1v) is 7.01. The monoisotopic (exact) mass is 265 g/mol. The quantitative estimate of drug-likeness (QED) is 0.617. The molecule has 5 nitrogen and oxygen atoms in total. The number of nitrogens with two attached hydrogens (primary N) is 1. The smallest absolute Gasteiger partial charge is 0.138 e. The minimum atomic E-state index is 0.102. The first-order chi connectivity index (χ1) is 8.76. The van der Waals surface area contributed by atoms with Gasteiger partial charge in [0, 0.05) is 17.8 Å². The highest BCUT2D eigenvalue weighted by Crippen LogP contribution is 2.25. The van der Waals surface area contributed by atoms with E-state index in [0.717, 1.165) is 25.2 Å². The molecule has 2 rings (SSSR count). The summed E-state index contributed by atoms with van der Waals surface area (Å²) in [5, 5.41) is 6.33. The summed E-state index contributed by atoms with van der Waals surface area (Å²) in [4.78, 5) is 5.59. The van der Waals surface area contributed by atoms with Crippen LogP contribution in [0, 0.1) is 6.92 Å². The standard InChI is InChI=1S/C12H19N5S/c1-3-5-17-11(14-8-15-17)7-10(16-13)12-9(2)4-6-18-12/h4,6,8,10,16H,3,5,7,13H2,1-2H3. The Hall–Kier alpha value is -1.24. The van der Waals surface area contributed by atoms with Crippen LogP contribution in [0.3, 0.4) is 0 Å². The predicted molar refractivity (Wildman–Crippen MR) is 73.1 cm³/mol. The van der Waals surface area contributed by atoms with Crippen LogP contribution in [0.2, 0.25) is 0 Å². The minimum Gasteiger partial charge on any atom is -0.271 e. The predicted octanol–water partition coefficient (Wildman–Crippen LogP) is 1.81. The van der Waals surface area contributed by atoms with Gasteiger partial charge in [-0.15, -0.1) is 11.3 Å². The SMILES string of the molecule is CCCn1ncnc1CC(NN)c1sccc1C. The van der Waals surface area contributed by atoms with Crippen LogP contribution in [-0.4, -0.2) is 14.8 Å². The summed E-state index contributed by atoms with van der Waals surface area (Å²) in [7, 11) is 0. The van der Waals surface area contributed by atoms with E-state index in [0.29, 0.717) is 0 Å². The van der Waals surface area contributed by atoms with Crippen molar-refractivity contribution in [2.24, 2.45) is 5.84 Å². The van der Waals surface area contributed by atoms with Gasteiger partial charge in [-0.1, -0.05) is 6.92 Å².